The number of likely N-dealkylation sites (N-methyl/N-ethyl adjacent to an activating group) is 1. The molecule has 1 N–H and O–H groups in total. The lowest BCUT2D eigenvalue weighted by atomic mass is 10.1. The van der Waals surface area contributed by atoms with Gasteiger partial charge in [0.25, 0.3) is 0 Å². The molecule has 0 saturated heterocycles. The van der Waals surface area contributed by atoms with Crippen molar-refractivity contribution >= 4 is 0 Å². The first-order chi connectivity index (χ1) is 9.76. The zero-order valence-corrected chi connectivity index (χ0v) is 12.8. The van der Waals surface area contributed by atoms with Crippen LogP contribution in [0.4, 0.5) is 0 Å². The second kappa shape index (κ2) is 7.25. The molecule has 0 atom stereocenters. The van der Waals surface area contributed by atoms with Gasteiger partial charge in [-0.15, -0.1) is 0 Å². The molecule has 1 aromatic heterocycles. The molecule has 1 heterocycles. The topological polar surface area (TPSA) is 29.9 Å². The van der Waals surface area contributed by atoms with Crippen LogP contribution in [0.1, 0.15) is 36.4 Å². The predicted molar refractivity (Wildman–Crippen MR) is 84.2 cm³/mol. The molecule has 0 aliphatic heterocycles. The van der Waals surface area contributed by atoms with Gasteiger partial charge < -0.3 is 5.32 Å². The van der Waals surface area contributed by atoms with Crippen LogP contribution < -0.4 is 5.32 Å². The molecule has 0 spiro atoms. The van der Waals surface area contributed by atoms with E-state index in [-0.39, 0.29) is 0 Å². The molecule has 0 bridgehead atoms. The van der Waals surface area contributed by atoms with Gasteiger partial charge in [0.15, 0.2) is 0 Å². The minimum atomic E-state index is 0.871. The van der Waals surface area contributed by atoms with Gasteiger partial charge in [0, 0.05) is 5.69 Å². The molecule has 0 fully saturated rings. The van der Waals surface area contributed by atoms with E-state index in [0.29, 0.717) is 0 Å². The number of benzene rings is 1. The number of hydrogen-bond donors (Lipinski definition) is 1. The average molecular weight is 271 g/mol. The molecule has 0 amide bonds. The highest BCUT2D eigenvalue weighted by Crippen LogP contribution is 2.11. The van der Waals surface area contributed by atoms with E-state index in [1.165, 1.54) is 22.5 Å². The lowest BCUT2D eigenvalue weighted by Crippen LogP contribution is -2.10. The molecule has 3 nitrogen and oxygen atoms in total. The molecule has 0 saturated carbocycles. The maximum absolute atomic E-state index is 4.67. The highest BCUT2D eigenvalue weighted by atomic mass is 15.3. The van der Waals surface area contributed by atoms with E-state index in [0.717, 1.165) is 32.4 Å². The monoisotopic (exact) mass is 271 g/mol. The van der Waals surface area contributed by atoms with E-state index in [2.05, 4.69) is 59.3 Å². The molecule has 0 radical (unpaired) electrons. The molecule has 0 aliphatic rings. The van der Waals surface area contributed by atoms with Crippen molar-refractivity contribution in [3.63, 3.8) is 0 Å². The first-order valence-corrected chi connectivity index (χ1v) is 7.54. The maximum atomic E-state index is 4.67. The Labute approximate surface area is 122 Å². The second-order valence-corrected chi connectivity index (χ2v) is 5.16. The highest BCUT2D eigenvalue weighted by Gasteiger charge is 2.05. The minimum Gasteiger partial charge on any atom is -0.319 e. The summed E-state index contributed by atoms with van der Waals surface area (Å²) >= 11 is 0. The molecule has 2 rings (SSSR count). The first kappa shape index (κ1) is 14.8. The van der Waals surface area contributed by atoms with Gasteiger partial charge in [-0.1, -0.05) is 38.1 Å². The zero-order chi connectivity index (χ0) is 14.4. The molecule has 20 heavy (non-hydrogen) atoms. The first-order valence-electron chi connectivity index (χ1n) is 7.54. The molecule has 108 valence electrons. The van der Waals surface area contributed by atoms with Crippen LogP contribution in [0, 0.1) is 0 Å². The van der Waals surface area contributed by atoms with Crippen molar-refractivity contribution in [2.45, 2.75) is 39.7 Å². The van der Waals surface area contributed by atoms with Crippen molar-refractivity contribution in [3.05, 3.63) is 52.8 Å². The van der Waals surface area contributed by atoms with Crippen LogP contribution in [-0.2, 0) is 25.8 Å². The molecule has 0 aliphatic carbocycles. The Morgan fingerprint density at radius 1 is 1.05 bits per heavy atom. The highest BCUT2D eigenvalue weighted by molar-refractivity contribution is 5.23. The summed E-state index contributed by atoms with van der Waals surface area (Å²) in [5.41, 5.74) is 5.21. The number of nitrogens with zero attached hydrogens (tertiary/aromatic N) is 2. The number of aromatic nitrogens is 2. The summed E-state index contributed by atoms with van der Waals surface area (Å²) < 4.78 is 2.14. The van der Waals surface area contributed by atoms with Gasteiger partial charge in [-0.05, 0) is 50.0 Å². The van der Waals surface area contributed by atoms with Crippen LogP contribution in [0.15, 0.2) is 30.3 Å². The lowest BCUT2D eigenvalue weighted by molar-refractivity contribution is 0.640. The summed E-state index contributed by atoms with van der Waals surface area (Å²) in [4.78, 5) is 0. The molecule has 3 heteroatoms. The Kier molecular flexibility index (Phi) is 5.36. The molecular formula is C17H25N3. The lowest BCUT2D eigenvalue weighted by Gasteiger charge is -2.07. The summed E-state index contributed by atoms with van der Waals surface area (Å²) in [5.74, 6) is 0. The number of hydrogen-bond acceptors (Lipinski definition) is 2. The number of nitrogens with one attached hydrogen (secondary N) is 1. The van der Waals surface area contributed by atoms with E-state index >= 15 is 0 Å². The quantitative estimate of drug-likeness (QED) is 0.839. The van der Waals surface area contributed by atoms with Crippen LogP contribution in [0.2, 0.25) is 0 Å². The van der Waals surface area contributed by atoms with Gasteiger partial charge in [-0.3, -0.25) is 4.68 Å². The van der Waals surface area contributed by atoms with E-state index in [1.807, 2.05) is 7.05 Å². The van der Waals surface area contributed by atoms with Crippen LogP contribution in [-0.4, -0.2) is 23.4 Å². The maximum Gasteiger partial charge on any atom is 0.0662 e. The Morgan fingerprint density at radius 2 is 1.75 bits per heavy atom. The van der Waals surface area contributed by atoms with E-state index in [4.69, 9.17) is 0 Å². The molecular weight excluding hydrogens is 246 g/mol. The van der Waals surface area contributed by atoms with Crippen LogP contribution >= 0.6 is 0 Å². The summed E-state index contributed by atoms with van der Waals surface area (Å²) in [6.45, 7) is 6.24. The summed E-state index contributed by atoms with van der Waals surface area (Å²) in [7, 11) is 1.99. The van der Waals surface area contributed by atoms with Crippen molar-refractivity contribution in [3.8, 4) is 0 Å². The molecule has 0 unspecified atom stereocenters. The van der Waals surface area contributed by atoms with E-state index in [9.17, 15) is 0 Å². The van der Waals surface area contributed by atoms with Gasteiger partial charge in [-0.25, -0.2) is 0 Å². The van der Waals surface area contributed by atoms with Crippen LogP contribution in [0.25, 0.3) is 0 Å². The standard InChI is InChI=1S/C17H25N3/c1-4-16-12-17(5-2)20(19-16)13-15-8-6-14(7-9-15)10-11-18-3/h6-9,12,18H,4-5,10-11,13H2,1-3H3. The van der Waals surface area contributed by atoms with Gasteiger partial charge in [-0.2, -0.15) is 5.10 Å². The minimum absolute atomic E-state index is 0.871. The average Bonchev–Trinajstić information content (AvgIpc) is 2.88. The van der Waals surface area contributed by atoms with Crippen LogP contribution in [0.3, 0.4) is 0 Å². The summed E-state index contributed by atoms with van der Waals surface area (Å²) in [5, 5.41) is 7.85. The smallest absolute Gasteiger partial charge is 0.0662 e. The van der Waals surface area contributed by atoms with Crippen LogP contribution in [0.5, 0.6) is 0 Å². The van der Waals surface area contributed by atoms with Gasteiger partial charge in [0.05, 0.1) is 12.2 Å². The zero-order valence-electron chi connectivity index (χ0n) is 12.8. The number of rotatable bonds is 7. The fourth-order valence-electron chi connectivity index (χ4n) is 2.36. The van der Waals surface area contributed by atoms with Gasteiger partial charge in [0.1, 0.15) is 0 Å². The summed E-state index contributed by atoms with van der Waals surface area (Å²) in [6.07, 6.45) is 3.12. The van der Waals surface area contributed by atoms with Crippen molar-refractivity contribution in [2.24, 2.45) is 0 Å². The van der Waals surface area contributed by atoms with Gasteiger partial charge >= 0.3 is 0 Å². The third kappa shape index (κ3) is 3.70. The van der Waals surface area contributed by atoms with Crippen molar-refractivity contribution in [1.82, 2.24) is 15.1 Å². The normalized spacial score (nSPS) is 10.9. The second-order valence-electron chi connectivity index (χ2n) is 5.16. The fraction of sp³-hybridized carbons (Fsp3) is 0.471. The SMILES string of the molecule is CCc1cc(CC)n(Cc2ccc(CCNC)cc2)n1. The Morgan fingerprint density at radius 3 is 2.35 bits per heavy atom. The van der Waals surface area contributed by atoms with Gasteiger partial charge in [0.2, 0.25) is 0 Å². The fourth-order valence-corrected chi connectivity index (χ4v) is 2.36. The van der Waals surface area contributed by atoms with E-state index < -0.39 is 0 Å². The largest absolute Gasteiger partial charge is 0.319 e. The molecule has 2 aromatic rings. The third-order valence-electron chi connectivity index (χ3n) is 3.66. The third-order valence-corrected chi connectivity index (χ3v) is 3.66. The predicted octanol–water partition coefficient (Wildman–Crippen LogP) is 2.82. The number of aryl methyl sites for hydroxylation is 2. The summed E-state index contributed by atoms with van der Waals surface area (Å²) in [6, 6.07) is 11.1. The Bertz CT molecular complexity index is 526. The van der Waals surface area contributed by atoms with Crippen molar-refractivity contribution in [1.29, 1.82) is 0 Å². The Balaban J connectivity index is 2.07. The molecule has 1 aromatic carbocycles. The Hall–Kier alpha value is -1.61. The van der Waals surface area contributed by atoms with Crippen molar-refractivity contribution in [2.75, 3.05) is 13.6 Å². The van der Waals surface area contributed by atoms with Crippen molar-refractivity contribution < 1.29 is 0 Å². The van der Waals surface area contributed by atoms with E-state index in [1.54, 1.807) is 0 Å².